The maximum atomic E-state index is 13.2. The third kappa shape index (κ3) is 7.38. The lowest BCUT2D eigenvalue weighted by Gasteiger charge is -2.39. The van der Waals surface area contributed by atoms with Crippen molar-refractivity contribution in [3.63, 3.8) is 0 Å². The van der Waals surface area contributed by atoms with Crippen LogP contribution in [0.4, 0.5) is 21.0 Å². The van der Waals surface area contributed by atoms with Crippen molar-refractivity contribution in [1.29, 1.82) is 0 Å². The molecule has 1 atom stereocenters. The molecular weight excluding hydrogens is 518 g/mol. The van der Waals surface area contributed by atoms with E-state index in [9.17, 15) is 24.3 Å². The molecule has 4 N–H and O–H groups in total. The lowest BCUT2D eigenvalue weighted by Crippen LogP contribution is -2.55. The summed E-state index contributed by atoms with van der Waals surface area (Å²) in [5.41, 5.74) is 1.98. The predicted molar refractivity (Wildman–Crippen MR) is 147 cm³/mol. The van der Waals surface area contributed by atoms with E-state index in [-0.39, 0.29) is 18.0 Å². The Morgan fingerprint density at radius 3 is 2.40 bits per heavy atom. The van der Waals surface area contributed by atoms with Crippen molar-refractivity contribution in [3.8, 4) is 0 Å². The summed E-state index contributed by atoms with van der Waals surface area (Å²) in [5.74, 6) is -1.55. The molecule has 5 amide bonds. The number of rotatable bonds is 8. The average Bonchev–Trinajstić information content (AvgIpc) is 2.97. The highest BCUT2D eigenvalue weighted by atomic mass is 16.5. The zero-order valence-electron chi connectivity index (χ0n) is 22.5. The first-order chi connectivity index (χ1) is 19.4. The third-order valence-corrected chi connectivity index (χ3v) is 6.79. The molecule has 2 aliphatic rings. The minimum atomic E-state index is -1.06. The summed E-state index contributed by atoms with van der Waals surface area (Å²) in [7, 11) is 0. The van der Waals surface area contributed by atoms with Gasteiger partial charge >= 0.3 is 18.0 Å². The number of urea groups is 2. The van der Waals surface area contributed by atoms with Crippen molar-refractivity contribution in [2.45, 2.75) is 19.4 Å². The molecule has 0 radical (unpaired) electrons. The number of carboxylic acid groups (broad SMARTS) is 1. The fourth-order valence-corrected chi connectivity index (χ4v) is 4.72. The molecule has 214 valence electrons. The summed E-state index contributed by atoms with van der Waals surface area (Å²) in [5, 5.41) is 17.7. The quantitative estimate of drug-likeness (QED) is 0.385. The van der Waals surface area contributed by atoms with E-state index in [2.05, 4.69) is 25.8 Å². The first kappa shape index (κ1) is 28.6. The molecule has 40 heavy (non-hydrogen) atoms. The van der Waals surface area contributed by atoms with Gasteiger partial charge in [0.2, 0.25) is 0 Å². The van der Waals surface area contributed by atoms with Gasteiger partial charge in [-0.1, -0.05) is 6.07 Å². The molecule has 13 heteroatoms. The van der Waals surface area contributed by atoms with Gasteiger partial charge in [-0.25, -0.2) is 9.59 Å². The first-order valence-electron chi connectivity index (χ1n) is 13.3. The first-order valence-corrected chi connectivity index (χ1v) is 13.3. The van der Waals surface area contributed by atoms with Crippen LogP contribution in [0.25, 0.3) is 0 Å². The van der Waals surface area contributed by atoms with Crippen LogP contribution in [0, 0.1) is 0 Å². The number of nitrogens with one attached hydrogen (secondary N) is 3. The third-order valence-electron chi connectivity index (χ3n) is 6.79. The Morgan fingerprint density at radius 2 is 1.75 bits per heavy atom. The molecule has 3 heterocycles. The average molecular weight is 554 g/mol. The van der Waals surface area contributed by atoms with Crippen LogP contribution in [-0.2, 0) is 9.53 Å². The highest BCUT2D eigenvalue weighted by Gasteiger charge is 2.28. The van der Waals surface area contributed by atoms with E-state index in [1.807, 2.05) is 4.90 Å². The van der Waals surface area contributed by atoms with E-state index in [4.69, 9.17) is 4.74 Å². The number of benzene rings is 1. The van der Waals surface area contributed by atoms with Gasteiger partial charge in [-0.2, -0.15) is 0 Å². The molecule has 2 fully saturated rings. The molecule has 2 saturated heterocycles. The number of pyridine rings is 1. The van der Waals surface area contributed by atoms with Crippen molar-refractivity contribution in [3.05, 3.63) is 53.9 Å². The van der Waals surface area contributed by atoms with Crippen LogP contribution in [0.1, 0.15) is 35.3 Å². The molecule has 0 aliphatic carbocycles. The van der Waals surface area contributed by atoms with Gasteiger partial charge in [-0.3, -0.25) is 14.6 Å². The number of piperazine rings is 1. The topological polar surface area (TPSA) is 156 Å². The second kappa shape index (κ2) is 13.6. The van der Waals surface area contributed by atoms with Gasteiger partial charge in [-0.15, -0.1) is 0 Å². The van der Waals surface area contributed by atoms with Gasteiger partial charge in [0.1, 0.15) is 0 Å². The lowest BCUT2D eigenvalue weighted by molar-refractivity contribution is -0.137. The van der Waals surface area contributed by atoms with Crippen LogP contribution in [0.5, 0.6) is 0 Å². The Hall–Kier alpha value is -4.39. The Kier molecular flexibility index (Phi) is 9.73. The van der Waals surface area contributed by atoms with E-state index in [0.29, 0.717) is 70.3 Å². The van der Waals surface area contributed by atoms with Gasteiger partial charge in [0.25, 0.3) is 5.91 Å². The SMILES string of the molecule is CCNC(=O)Nc1cc(C(=O)NC(CC(=O)O)c2cccnc2)ccc1N1CCN(C(=O)N2CCOCC2)CC1. The molecule has 4 rings (SSSR count). The minimum absolute atomic E-state index is 0.000159. The number of anilines is 2. The van der Waals surface area contributed by atoms with Gasteiger partial charge in [-0.05, 0) is 36.8 Å². The zero-order chi connectivity index (χ0) is 28.5. The minimum Gasteiger partial charge on any atom is -0.481 e. The molecule has 2 aliphatic heterocycles. The summed E-state index contributed by atoms with van der Waals surface area (Å²) < 4.78 is 5.34. The molecule has 0 spiro atoms. The van der Waals surface area contributed by atoms with Gasteiger partial charge in [0.15, 0.2) is 0 Å². The lowest BCUT2D eigenvalue weighted by atomic mass is 10.0. The number of aromatic nitrogens is 1. The number of aliphatic carboxylic acids is 1. The number of hydrogen-bond acceptors (Lipinski definition) is 7. The van der Waals surface area contributed by atoms with Crippen LogP contribution < -0.4 is 20.9 Å². The van der Waals surface area contributed by atoms with Crippen molar-refractivity contribution < 1.29 is 29.0 Å². The summed E-state index contributed by atoms with van der Waals surface area (Å²) >= 11 is 0. The normalized spacial score (nSPS) is 16.2. The predicted octanol–water partition coefficient (Wildman–Crippen LogP) is 1.74. The highest BCUT2D eigenvalue weighted by molar-refractivity contribution is 6.00. The monoisotopic (exact) mass is 553 g/mol. The fraction of sp³-hybridized carbons (Fsp3) is 0.444. The number of hydrogen-bond donors (Lipinski definition) is 4. The molecule has 2 aromatic rings. The summed E-state index contributed by atoms with van der Waals surface area (Å²) in [6.07, 6.45) is 2.77. The standard InChI is InChI=1S/C27H35N7O6/c1-2-29-26(38)31-22-16-19(25(37)30-21(17-24(35)36)20-4-3-7-28-18-20)5-6-23(22)32-8-10-33(11-9-32)27(39)34-12-14-40-15-13-34/h3-7,16,18,21H,2,8-15,17H2,1H3,(H,30,37)(H,35,36)(H2,29,31,38). The van der Waals surface area contributed by atoms with Gasteiger partial charge in [0, 0.05) is 63.8 Å². The number of amides is 5. The summed E-state index contributed by atoms with van der Waals surface area (Å²) in [6, 6.07) is 7.15. The van der Waals surface area contributed by atoms with Crippen molar-refractivity contribution >= 4 is 35.3 Å². The van der Waals surface area contributed by atoms with Crippen LogP contribution in [0.15, 0.2) is 42.7 Å². The molecule has 1 unspecified atom stereocenters. The van der Waals surface area contributed by atoms with E-state index < -0.39 is 23.9 Å². The maximum absolute atomic E-state index is 13.2. The smallest absolute Gasteiger partial charge is 0.320 e. The molecular formula is C27H35N7O6. The maximum Gasteiger partial charge on any atom is 0.320 e. The number of carbonyl (C=O) groups excluding carboxylic acids is 3. The van der Waals surface area contributed by atoms with Crippen LogP contribution in [0.2, 0.25) is 0 Å². The van der Waals surface area contributed by atoms with E-state index in [0.717, 1.165) is 5.69 Å². The second-order valence-corrected chi connectivity index (χ2v) is 9.48. The Balaban J connectivity index is 1.50. The van der Waals surface area contributed by atoms with Gasteiger partial charge < -0.3 is 40.5 Å². The van der Waals surface area contributed by atoms with Crippen LogP contribution >= 0.6 is 0 Å². The highest BCUT2D eigenvalue weighted by Crippen LogP contribution is 2.29. The number of morpholine rings is 1. The Bertz CT molecular complexity index is 1200. The van der Waals surface area contributed by atoms with Crippen LogP contribution in [0.3, 0.4) is 0 Å². The molecule has 1 aromatic heterocycles. The van der Waals surface area contributed by atoms with E-state index in [1.165, 1.54) is 6.20 Å². The number of ether oxygens (including phenoxy) is 1. The van der Waals surface area contributed by atoms with Crippen molar-refractivity contribution in [2.75, 3.05) is 69.2 Å². The largest absolute Gasteiger partial charge is 0.481 e. The Morgan fingerprint density at radius 1 is 1.02 bits per heavy atom. The van der Waals surface area contributed by atoms with Crippen molar-refractivity contribution in [2.24, 2.45) is 0 Å². The number of carbonyl (C=O) groups is 4. The van der Waals surface area contributed by atoms with Crippen molar-refractivity contribution in [1.82, 2.24) is 25.4 Å². The summed E-state index contributed by atoms with van der Waals surface area (Å²) in [4.78, 5) is 59.7. The number of nitrogens with zero attached hydrogens (tertiary/aromatic N) is 4. The van der Waals surface area contributed by atoms with Gasteiger partial charge in [0.05, 0.1) is 37.1 Å². The van der Waals surface area contributed by atoms with Crippen LogP contribution in [-0.4, -0.2) is 103 Å². The molecule has 1 aromatic carbocycles. The Labute approximate surface area is 232 Å². The zero-order valence-corrected chi connectivity index (χ0v) is 22.5. The fourth-order valence-electron chi connectivity index (χ4n) is 4.72. The number of carboxylic acids is 1. The second-order valence-electron chi connectivity index (χ2n) is 9.48. The molecule has 13 nitrogen and oxygen atoms in total. The molecule has 0 saturated carbocycles. The summed E-state index contributed by atoms with van der Waals surface area (Å²) in [6.45, 7) is 6.60. The molecule has 0 bridgehead atoms. The van der Waals surface area contributed by atoms with E-state index >= 15 is 0 Å². The van der Waals surface area contributed by atoms with E-state index in [1.54, 1.807) is 48.4 Å².